The molecule has 0 aliphatic rings. The lowest BCUT2D eigenvalue weighted by atomic mass is 10.3. The zero-order valence-corrected chi connectivity index (χ0v) is 11.5. The summed E-state index contributed by atoms with van der Waals surface area (Å²) >= 11 is 16.9. The molecular formula is C9H16Cl3NO3. The summed E-state index contributed by atoms with van der Waals surface area (Å²) in [7, 11) is 1.22. The highest BCUT2D eigenvalue weighted by Gasteiger charge is 2.35. The van der Waals surface area contributed by atoms with Crippen molar-refractivity contribution in [3.63, 3.8) is 0 Å². The van der Waals surface area contributed by atoms with E-state index in [0.717, 1.165) is 19.3 Å². The number of methoxy groups -OCH3 is 1. The van der Waals surface area contributed by atoms with E-state index in [1.807, 2.05) is 0 Å². The number of nitrogens with one attached hydrogen (secondary N) is 1. The summed E-state index contributed by atoms with van der Waals surface area (Å²) in [6, 6.07) is 0. The first-order valence-electron chi connectivity index (χ1n) is 4.94. The minimum Gasteiger partial charge on any atom is -0.453 e. The zero-order chi connectivity index (χ0) is 12.6. The predicted octanol–water partition coefficient (Wildman–Crippen LogP) is 3.25. The molecule has 0 aliphatic heterocycles. The van der Waals surface area contributed by atoms with Crippen LogP contribution in [0.25, 0.3) is 0 Å². The molecule has 1 N–H and O–H groups in total. The van der Waals surface area contributed by atoms with Gasteiger partial charge in [0.15, 0.2) is 6.23 Å². The Kier molecular flexibility index (Phi) is 8.28. The largest absolute Gasteiger partial charge is 0.453 e. The normalized spacial score (nSPS) is 13.3. The van der Waals surface area contributed by atoms with Gasteiger partial charge >= 0.3 is 6.09 Å². The minimum atomic E-state index is -1.72. The van der Waals surface area contributed by atoms with Crippen molar-refractivity contribution < 1.29 is 14.3 Å². The van der Waals surface area contributed by atoms with Crippen LogP contribution in [0.5, 0.6) is 0 Å². The molecule has 96 valence electrons. The van der Waals surface area contributed by atoms with Gasteiger partial charge in [0.1, 0.15) is 0 Å². The molecule has 0 radical (unpaired) electrons. The van der Waals surface area contributed by atoms with Crippen LogP contribution in [0.3, 0.4) is 0 Å². The molecule has 1 amide bonds. The van der Waals surface area contributed by atoms with Gasteiger partial charge < -0.3 is 9.47 Å². The predicted molar refractivity (Wildman–Crippen MR) is 65.1 cm³/mol. The van der Waals surface area contributed by atoms with Crippen molar-refractivity contribution in [3.05, 3.63) is 0 Å². The Balaban J connectivity index is 4.07. The summed E-state index contributed by atoms with van der Waals surface area (Å²) < 4.78 is 7.95. The third-order valence-corrected chi connectivity index (χ3v) is 2.36. The molecule has 0 bridgehead atoms. The molecule has 0 heterocycles. The van der Waals surface area contributed by atoms with Crippen LogP contribution in [0.15, 0.2) is 0 Å². The Morgan fingerprint density at radius 3 is 2.44 bits per heavy atom. The maximum Gasteiger partial charge on any atom is 0.409 e. The van der Waals surface area contributed by atoms with Crippen LogP contribution < -0.4 is 5.32 Å². The van der Waals surface area contributed by atoms with Crippen molar-refractivity contribution in [2.24, 2.45) is 0 Å². The van der Waals surface area contributed by atoms with E-state index in [0.29, 0.717) is 6.61 Å². The second-order valence-electron chi connectivity index (χ2n) is 3.14. The van der Waals surface area contributed by atoms with Gasteiger partial charge in [0.05, 0.1) is 7.11 Å². The first-order valence-corrected chi connectivity index (χ1v) is 6.08. The van der Waals surface area contributed by atoms with E-state index in [1.54, 1.807) is 0 Å². The van der Waals surface area contributed by atoms with E-state index in [4.69, 9.17) is 39.5 Å². The highest BCUT2D eigenvalue weighted by Crippen LogP contribution is 2.31. The van der Waals surface area contributed by atoms with E-state index in [9.17, 15) is 4.79 Å². The molecule has 4 nitrogen and oxygen atoms in total. The third-order valence-electron chi connectivity index (χ3n) is 1.76. The van der Waals surface area contributed by atoms with E-state index >= 15 is 0 Å². The Morgan fingerprint density at radius 2 is 2.00 bits per heavy atom. The Hall–Kier alpha value is 0.1000. The zero-order valence-electron chi connectivity index (χ0n) is 9.26. The van der Waals surface area contributed by atoms with Gasteiger partial charge in [-0.25, -0.2) is 4.79 Å². The summed E-state index contributed by atoms with van der Waals surface area (Å²) in [5, 5.41) is 2.30. The SMILES string of the molecule is CCCCCOC(NC(=O)OC)C(Cl)(Cl)Cl. The molecule has 0 aromatic carbocycles. The van der Waals surface area contributed by atoms with E-state index < -0.39 is 16.1 Å². The molecule has 0 rings (SSSR count). The van der Waals surface area contributed by atoms with Gasteiger partial charge in [-0.05, 0) is 6.42 Å². The molecule has 0 fully saturated rings. The molecule has 7 heteroatoms. The highest BCUT2D eigenvalue weighted by atomic mass is 35.6. The molecule has 0 spiro atoms. The lowest BCUT2D eigenvalue weighted by molar-refractivity contribution is 0.0292. The molecule has 0 aliphatic carbocycles. The third kappa shape index (κ3) is 7.39. The number of ether oxygens (including phenoxy) is 2. The molecule has 16 heavy (non-hydrogen) atoms. The van der Waals surface area contributed by atoms with Crippen LogP contribution in [0.2, 0.25) is 0 Å². The van der Waals surface area contributed by atoms with Gasteiger partial charge in [0.2, 0.25) is 3.79 Å². The number of carbonyl (C=O) groups excluding carboxylic acids is 1. The van der Waals surface area contributed by atoms with Crippen LogP contribution in [-0.4, -0.2) is 29.8 Å². The standard InChI is InChI=1S/C9H16Cl3NO3/c1-3-4-5-6-16-7(9(10,11)12)13-8(14)15-2/h7H,3-6H2,1-2H3,(H,13,14). The Morgan fingerprint density at radius 1 is 1.38 bits per heavy atom. The molecule has 0 saturated carbocycles. The maximum absolute atomic E-state index is 11.0. The maximum atomic E-state index is 11.0. The van der Waals surface area contributed by atoms with E-state index in [1.165, 1.54) is 7.11 Å². The average molecular weight is 293 g/mol. The number of unbranched alkanes of at least 4 members (excludes halogenated alkanes) is 2. The number of alkyl halides is 3. The smallest absolute Gasteiger partial charge is 0.409 e. The Bertz CT molecular complexity index is 209. The lowest BCUT2D eigenvalue weighted by Crippen LogP contribution is -2.45. The molecule has 1 atom stereocenters. The summed E-state index contributed by atoms with van der Waals surface area (Å²) in [6.45, 7) is 2.48. The quantitative estimate of drug-likeness (QED) is 0.464. The second-order valence-corrected chi connectivity index (χ2v) is 5.50. The van der Waals surface area contributed by atoms with Gasteiger partial charge in [-0.3, -0.25) is 5.32 Å². The molecule has 0 aromatic heterocycles. The average Bonchev–Trinajstić information content (AvgIpc) is 2.20. The van der Waals surface area contributed by atoms with Gasteiger partial charge in [-0.2, -0.15) is 0 Å². The van der Waals surface area contributed by atoms with Crippen molar-refractivity contribution in [3.8, 4) is 0 Å². The minimum absolute atomic E-state index is 0.413. The van der Waals surface area contributed by atoms with Crippen molar-refractivity contribution in [2.45, 2.75) is 36.2 Å². The number of halogens is 3. The van der Waals surface area contributed by atoms with Gasteiger partial charge in [-0.1, -0.05) is 54.6 Å². The first kappa shape index (κ1) is 16.1. The van der Waals surface area contributed by atoms with Crippen LogP contribution in [0.4, 0.5) is 4.79 Å². The fourth-order valence-electron chi connectivity index (χ4n) is 0.937. The number of amides is 1. The summed E-state index contributed by atoms with van der Waals surface area (Å²) in [5.74, 6) is 0. The summed E-state index contributed by atoms with van der Waals surface area (Å²) in [4.78, 5) is 11.0. The first-order chi connectivity index (χ1) is 7.41. The van der Waals surface area contributed by atoms with Crippen molar-refractivity contribution in [2.75, 3.05) is 13.7 Å². The van der Waals surface area contributed by atoms with Crippen LogP contribution >= 0.6 is 34.8 Å². The summed E-state index contributed by atoms with van der Waals surface area (Å²) in [5.41, 5.74) is 0. The number of hydrogen-bond acceptors (Lipinski definition) is 3. The lowest BCUT2D eigenvalue weighted by Gasteiger charge is -2.24. The van der Waals surface area contributed by atoms with Crippen LogP contribution in [0.1, 0.15) is 26.2 Å². The number of carbonyl (C=O) groups is 1. The Labute approximate surface area is 111 Å². The second kappa shape index (κ2) is 8.23. The van der Waals surface area contributed by atoms with E-state index in [2.05, 4.69) is 17.0 Å². The van der Waals surface area contributed by atoms with Gasteiger partial charge in [0, 0.05) is 6.61 Å². The topological polar surface area (TPSA) is 47.6 Å². The monoisotopic (exact) mass is 291 g/mol. The van der Waals surface area contributed by atoms with Crippen molar-refractivity contribution >= 4 is 40.9 Å². The molecule has 0 saturated heterocycles. The summed E-state index contributed by atoms with van der Waals surface area (Å²) in [6.07, 6.45) is 1.21. The number of alkyl carbamates (subject to hydrolysis) is 1. The van der Waals surface area contributed by atoms with Crippen LogP contribution in [-0.2, 0) is 9.47 Å². The van der Waals surface area contributed by atoms with Gasteiger partial charge in [-0.15, -0.1) is 0 Å². The fraction of sp³-hybridized carbons (Fsp3) is 0.889. The van der Waals surface area contributed by atoms with Crippen molar-refractivity contribution in [1.82, 2.24) is 5.32 Å². The highest BCUT2D eigenvalue weighted by molar-refractivity contribution is 6.68. The molecule has 0 aromatic rings. The fourth-order valence-corrected chi connectivity index (χ4v) is 1.29. The van der Waals surface area contributed by atoms with Crippen LogP contribution in [0, 0.1) is 0 Å². The number of rotatable bonds is 6. The molecular weight excluding hydrogens is 276 g/mol. The van der Waals surface area contributed by atoms with E-state index in [-0.39, 0.29) is 0 Å². The van der Waals surface area contributed by atoms with Crippen molar-refractivity contribution in [1.29, 1.82) is 0 Å². The molecule has 1 unspecified atom stereocenters. The van der Waals surface area contributed by atoms with Gasteiger partial charge in [0.25, 0.3) is 0 Å². The number of hydrogen-bond donors (Lipinski definition) is 1.